The molecule has 0 aromatic carbocycles. The number of rotatable bonds is 6. The van der Waals surface area contributed by atoms with Crippen LogP contribution in [0.5, 0.6) is 0 Å². The van der Waals surface area contributed by atoms with Crippen molar-refractivity contribution in [3.05, 3.63) is 40.3 Å². The van der Waals surface area contributed by atoms with Crippen LogP contribution in [0.25, 0.3) is 0 Å². The van der Waals surface area contributed by atoms with E-state index in [1.807, 2.05) is 24.6 Å². The van der Waals surface area contributed by atoms with Crippen LogP contribution < -0.4 is 10.9 Å². The number of aryl methyl sites for hydroxylation is 1. The first-order valence-corrected chi connectivity index (χ1v) is 6.97. The van der Waals surface area contributed by atoms with Crippen molar-refractivity contribution in [2.75, 3.05) is 5.32 Å². The normalized spacial score (nSPS) is 12.3. The first-order valence-electron chi connectivity index (χ1n) is 6.59. The standard InChI is InChI=1S/C13H18ClN5O/c1-3-5-19-13(20)12(14)11(7-16-19)17-10(2)8-18-6-4-15-9-18/h4,6-7,9-10,17H,3,5,8H2,1-2H3. The molecule has 0 spiro atoms. The Morgan fingerprint density at radius 3 is 2.95 bits per heavy atom. The molecule has 0 fully saturated rings. The van der Waals surface area contributed by atoms with Gasteiger partial charge in [0.25, 0.3) is 5.56 Å². The van der Waals surface area contributed by atoms with Crippen molar-refractivity contribution in [1.29, 1.82) is 0 Å². The number of anilines is 1. The largest absolute Gasteiger partial charge is 0.378 e. The number of hydrogen-bond acceptors (Lipinski definition) is 4. The molecule has 0 aliphatic heterocycles. The third kappa shape index (κ3) is 3.39. The summed E-state index contributed by atoms with van der Waals surface area (Å²) in [6, 6.07) is 0.102. The molecule has 1 N–H and O–H groups in total. The Labute approximate surface area is 122 Å². The van der Waals surface area contributed by atoms with Gasteiger partial charge >= 0.3 is 0 Å². The maximum absolute atomic E-state index is 12.0. The highest BCUT2D eigenvalue weighted by Gasteiger charge is 2.11. The molecule has 0 aliphatic carbocycles. The van der Waals surface area contributed by atoms with Crippen LogP contribution in [0, 0.1) is 0 Å². The van der Waals surface area contributed by atoms with E-state index < -0.39 is 0 Å². The van der Waals surface area contributed by atoms with E-state index in [1.165, 1.54) is 4.68 Å². The number of halogens is 1. The second kappa shape index (κ2) is 6.56. The molecule has 2 aromatic rings. The molecular formula is C13H18ClN5O. The number of aromatic nitrogens is 4. The van der Waals surface area contributed by atoms with E-state index in [0.29, 0.717) is 12.2 Å². The van der Waals surface area contributed by atoms with E-state index in [9.17, 15) is 4.79 Å². The van der Waals surface area contributed by atoms with E-state index in [1.54, 1.807) is 18.7 Å². The minimum Gasteiger partial charge on any atom is -0.378 e. The number of imidazole rings is 1. The Morgan fingerprint density at radius 1 is 1.50 bits per heavy atom. The molecule has 0 saturated heterocycles. The Kier molecular flexibility index (Phi) is 4.79. The predicted octanol–water partition coefficient (Wildman–Crippen LogP) is 2.00. The summed E-state index contributed by atoms with van der Waals surface area (Å²) in [4.78, 5) is 16.0. The van der Waals surface area contributed by atoms with Gasteiger partial charge in [-0.1, -0.05) is 18.5 Å². The van der Waals surface area contributed by atoms with Gasteiger partial charge in [-0.3, -0.25) is 4.79 Å². The van der Waals surface area contributed by atoms with Crippen LogP contribution in [0.4, 0.5) is 5.69 Å². The lowest BCUT2D eigenvalue weighted by molar-refractivity contribution is 0.566. The van der Waals surface area contributed by atoms with Crippen molar-refractivity contribution in [3.8, 4) is 0 Å². The van der Waals surface area contributed by atoms with Gasteiger partial charge in [-0.25, -0.2) is 9.67 Å². The molecule has 0 bridgehead atoms. The number of nitrogens with zero attached hydrogens (tertiary/aromatic N) is 4. The van der Waals surface area contributed by atoms with Crippen LogP contribution in [0.1, 0.15) is 20.3 Å². The lowest BCUT2D eigenvalue weighted by Gasteiger charge is -2.16. The molecule has 0 amide bonds. The maximum atomic E-state index is 12.0. The van der Waals surface area contributed by atoms with Gasteiger partial charge in [0, 0.05) is 31.5 Å². The van der Waals surface area contributed by atoms with Crippen molar-refractivity contribution in [1.82, 2.24) is 19.3 Å². The lowest BCUT2D eigenvalue weighted by atomic mass is 10.3. The van der Waals surface area contributed by atoms with Crippen LogP contribution in [0.3, 0.4) is 0 Å². The summed E-state index contributed by atoms with van der Waals surface area (Å²) >= 11 is 6.11. The van der Waals surface area contributed by atoms with E-state index >= 15 is 0 Å². The number of hydrogen-bond donors (Lipinski definition) is 1. The van der Waals surface area contributed by atoms with Crippen LogP contribution in [0.2, 0.25) is 5.02 Å². The van der Waals surface area contributed by atoms with Gasteiger partial charge in [0.2, 0.25) is 0 Å². The smallest absolute Gasteiger partial charge is 0.287 e. The molecule has 6 nitrogen and oxygen atoms in total. The molecule has 0 aliphatic rings. The predicted molar refractivity (Wildman–Crippen MR) is 79.1 cm³/mol. The summed E-state index contributed by atoms with van der Waals surface area (Å²) in [5.74, 6) is 0. The average molecular weight is 296 g/mol. The van der Waals surface area contributed by atoms with Gasteiger partial charge in [-0.05, 0) is 13.3 Å². The minimum atomic E-state index is -0.256. The molecule has 1 atom stereocenters. The lowest BCUT2D eigenvalue weighted by Crippen LogP contribution is -2.27. The van der Waals surface area contributed by atoms with Gasteiger partial charge < -0.3 is 9.88 Å². The fourth-order valence-corrected chi connectivity index (χ4v) is 2.16. The molecule has 0 saturated carbocycles. The Hall–Kier alpha value is -1.82. The van der Waals surface area contributed by atoms with Crippen LogP contribution in [-0.4, -0.2) is 25.4 Å². The topological polar surface area (TPSA) is 64.7 Å². The monoisotopic (exact) mass is 295 g/mol. The fourth-order valence-electron chi connectivity index (χ4n) is 1.96. The highest BCUT2D eigenvalue weighted by molar-refractivity contribution is 6.32. The molecule has 2 rings (SSSR count). The average Bonchev–Trinajstić information content (AvgIpc) is 2.91. The van der Waals surface area contributed by atoms with E-state index in [4.69, 9.17) is 11.6 Å². The molecule has 7 heteroatoms. The number of nitrogens with one attached hydrogen (secondary N) is 1. The molecule has 1 unspecified atom stereocenters. The van der Waals surface area contributed by atoms with Gasteiger partial charge in [-0.2, -0.15) is 5.10 Å². The quantitative estimate of drug-likeness (QED) is 0.885. The highest BCUT2D eigenvalue weighted by Crippen LogP contribution is 2.16. The first kappa shape index (κ1) is 14.6. The van der Waals surface area contributed by atoms with Crippen molar-refractivity contribution in [2.24, 2.45) is 0 Å². The SMILES string of the molecule is CCCn1ncc(NC(C)Cn2ccnc2)c(Cl)c1=O. The zero-order valence-electron chi connectivity index (χ0n) is 11.6. The second-order valence-corrected chi connectivity index (χ2v) is 5.08. The Bertz CT molecular complexity index is 608. The molecule has 2 heterocycles. The first-order chi connectivity index (χ1) is 9.61. The van der Waals surface area contributed by atoms with Crippen molar-refractivity contribution < 1.29 is 0 Å². The van der Waals surface area contributed by atoms with Gasteiger partial charge in [0.1, 0.15) is 5.02 Å². The molecule has 0 radical (unpaired) electrons. The van der Waals surface area contributed by atoms with Crippen LogP contribution in [-0.2, 0) is 13.1 Å². The van der Waals surface area contributed by atoms with E-state index in [-0.39, 0.29) is 16.6 Å². The van der Waals surface area contributed by atoms with Crippen LogP contribution in [0.15, 0.2) is 29.7 Å². The Morgan fingerprint density at radius 2 is 2.30 bits per heavy atom. The zero-order valence-corrected chi connectivity index (χ0v) is 12.3. The van der Waals surface area contributed by atoms with E-state index in [0.717, 1.165) is 13.0 Å². The van der Waals surface area contributed by atoms with Gasteiger partial charge in [0.05, 0.1) is 18.2 Å². The summed E-state index contributed by atoms with van der Waals surface area (Å²) in [5.41, 5.74) is 0.310. The highest BCUT2D eigenvalue weighted by atomic mass is 35.5. The summed E-state index contributed by atoms with van der Waals surface area (Å²) in [5, 5.41) is 7.51. The second-order valence-electron chi connectivity index (χ2n) is 4.71. The van der Waals surface area contributed by atoms with E-state index in [2.05, 4.69) is 15.4 Å². The van der Waals surface area contributed by atoms with Crippen molar-refractivity contribution in [3.63, 3.8) is 0 Å². The Balaban J connectivity index is 2.09. The minimum absolute atomic E-state index is 0.102. The zero-order chi connectivity index (χ0) is 14.5. The molecule has 108 valence electrons. The summed E-state index contributed by atoms with van der Waals surface area (Å²) in [6.45, 7) is 5.30. The molecule has 20 heavy (non-hydrogen) atoms. The summed E-state index contributed by atoms with van der Waals surface area (Å²) in [7, 11) is 0. The van der Waals surface area contributed by atoms with Crippen molar-refractivity contribution >= 4 is 17.3 Å². The fraction of sp³-hybridized carbons (Fsp3) is 0.462. The third-order valence-electron chi connectivity index (χ3n) is 2.87. The van der Waals surface area contributed by atoms with Gasteiger partial charge in [0.15, 0.2) is 0 Å². The molecule has 2 aromatic heterocycles. The van der Waals surface area contributed by atoms with Crippen LogP contribution >= 0.6 is 11.6 Å². The maximum Gasteiger partial charge on any atom is 0.287 e. The summed E-state index contributed by atoms with van der Waals surface area (Å²) < 4.78 is 3.34. The molecular weight excluding hydrogens is 278 g/mol. The summed E-state index contributed by atoms with van der Waals surface area (Å²) in [6.07, 6.45) is 7.80. The van der Waals surface area contributed by atoms with Gasteiger partial charge in [-0.15, -0.1) is 0 Å². The van der Waals surface area contributed by atoms with Crippen molar-refractivity contribution in [2.45, 2.75) is 39.4 Å². The third-order valence-corrected chi connectivity index (χ3v) is 3.23.